The van der Waals surface area contributed by atoms with Crippen LogP contribution in [0.5, 0.6) is 11.5 Å². The predicted molar refractivity (Wildman–Crippen MR) is 142 cm³/mol. The molecule has 2 atom stereocenters. The summed E-state index contributed by atoms with van der Waals surface area (Å²) in [6.07, 6.45) is 5.98. The summed E-state index contributed by atoms with van der Waals surface area (Å²) in [6, 6.07) is 14.9. The molecule has 1 saturated carbocycles. The number of ether oxygens (including phenoxy) is 2. The first-order chi connectivity index (χ1) is 18.4. The Bertz CT molecular complexity index is 1410. The van der Waals surface area contributed by atoms with Crippen LogP contribution in [-0.4, -0.2) is 45.6 Å². The minimum atomic E-state index is -0.588. The number of methoxy groups -OCH3 is 2. The minimum Gasteiger partial charge on any atom is -0.497 e. The second-order valence-corrected chi connectivity index (χ2v) is 9.27. The monoisotopic (exact) mass is 515 g/mol. The van der Waals surface area contributed by atoms with E-state index in [1.54, 1.807) is 14.2 Å². The normalized spacial score (nSPS) is 19.7. The lowest BCUT2D eigenvalue weighted by Crippen LogP contribution is -2.32. The van der Waals surface area contributed by atoms with E-state index in [2.05, 4.69) is 11.2 Å². The van der Waals surface area contributed by atoms with Gasteiger partial charge in [0.1, 0.15) is 17.7 Å². The van der Waals surface area contributed by atoms with Crippen molar-refractivity contribution in [1.29, 1.82) is 0 Å². The zero-order valence-corrected chi connectivity index (χ0v) is 21.5. The molecule has 10 heteroatoms. The van der Waals surface area contributed by atoms with Crippen LogP contribution in [0.15, 0.2) is 65.4 Å². The molecule has 1 amide bonds. The van der Waals surface area contributed by atoms with E-state index in [0.29, 0.717) is 12.3 Å². The topological polar surface area (TPSA) is 112 Å². The highest BCUT2D eigenvalue weighted by Gasteiger charge is 2.45. The Labute approximate surface area is 220 Å². The first-order valence-corrected chi connectivity index (χ1v) is 12.6. The molecule has 1 fully saturated rings. The molecular formula is C28H29N5O5. The molecule has 2 aliphatic rings. The summed E-state index contributed by atoms with van der Waals surface area (Å²) in [5.74, 6) is 0.830. The molecule has 2 heterocycles. The van der Waals surface area contributed by atoms with Gasteiger partial charge in [-0.15, -0.1) is 0 Å². The number of nitro groups is 1. The van der Waals surface area contributed by atoms with Crippen LogP contribution < -0.4 is 9.47 Å². The zero-order valence-electron chi connectivity index (χ0n) is 21.5. The van der Waals surface area contributed by atoms with Crippen molar-refractivity contribution in [3.05, 3.63) is 87.2 Å². The maximum atomic E-state index is 13.9. The smallest absolute Gasteiger partial charge is 0.320 e. The number of rotatable bonds is 7. The lowest BCUT2D eigenvalue weighted by molar-refractivity contribution is -0.385. The Balaban J connectivity index is 1.59. The first kappa shape index (κ1) is 25.2. The number of aromatic nitrogens is 2. The molecule has 0 saturated heterocycles. The Morgan fingerprint density at radius 2 is 1.76 bits per heavy atom. The number of hydrogen-bond acceptors (Lipinski definition) is 7. The summed E-state index contributed by atoms with van der Waals surface area (Å²) >= 11 is 0. The van der Waals surface area contributed by atoms with Crippen molar-refractivity contribution < 1.29 is 19.2 Å². The lowest BCUT2D eigenvalue weighted by atomic mass is 9.77. The van der Waals surface area contributed by atoms with Crippen LogP contribution >= 0.6 is 0 Å². The van der Waals surface area contributed by atoms with Gasteiger partial charge in [-0.05, 0) is 73.2 Å². The van der Waals surface area contributed by atoms with Gasteiger partial charge in [0.25, 0.3) is 0 Å². The average molecular weight is 516 g/mol. The summed E-state index contributed by atoms with van der Waals surface area (Å²) in [5, 5.41) is 22.2. The van der Waals surface area contributed by atoms with Crippen molar-refractivity contribution in [2.24, 2.45) is 11.0 Å². The number of fused-ring (bicyclic) bond motifs is 1. The molecule has 1 aliphatic carbocycles. The Morgan fingerprint density at radius 1 is 1.11 bits per heavy atom. The van der Waals surface area contributed by atoms with Crippen LogP contribution in [0.1, 0.15) is 53.8 Å². The van der Waals surface area contributed by atoms with Gasteiger partial charge in [0, 0.05) is 12.5 Å². The highest BCUT2D eigenvalue weighted by Crippen LogP contribution is 2.45. The van der Waals surface area contributed by atoms with E-state index in [0.717, 1.165) is 47.4 Å². The molecule has 196 valence electrons. The lowest BCUT2D eigenvalue weighted by Gasteiger charge is -2.29. The first-order valence-electron chi connectivity index (χ1n) is 12.6. The Kier molecular flexibility index (Phi) is 6.95. The van der Waals surface area contributed by atoms with E-state index < -0.39 is 16.9 Å². The van der Waals surface area contributed by atoms with Crippen molar-refractivity contribution in [1.82, 2.24) is 14.8 Å². The standard InChI is InChI=1S/C28H29N5O5/c1-4-31-17-24(33(35)36)26(29-31)28(34)32-27(19-10-14-22(38-3)15-11-19)23-7-5-6-20(25(23)30-32)16-18-8-12-21(37-2)13-9-18/h8-17,23,27H,4-7H2,1-3H3/b20-16+/t23-,27-/m0/s1. The number of allylic oxidation sites excluding steroid dienone is 1. The molecule has 10 nitrogen and oxygen atoms in total. The third-order valence-electron chi connectivity index (χ3n) is 7.09. The van der Waals surface area contributed by atoms with Gasteiger partial charge in [-0.3, -0.25) is 19.6 Å². The SMILES string of the molecule is CCn1cc([N+](=O)[O-])c(C(=O)N2N=C3/C(=C/c4ccc(OC)cc4)CCC[C@@H]3[C@@H]2c2ccc(OC)cc2)n1. The average Bonchev–Trinajstić information content (AvgIpc) is 3.56. The van der Waals surface area contributed by atoms with Crippen molar-refractivity contribution in [2.45, 2.75) is 38.8 Å². The number of carbonyl (C=O) groups excluding carboxylic acids is 1. The summed E-state index contributed by atoms with van der Waals surface area (Å²) in [5.41, 5.74) is 3.24. The largest absolute Gasteiger partial charge is 0.497 e. The summed E-state index contributed by atoms with van der Waals surface area (Å²) in [7, 11) is 3.23. The quantitative estimate of drug-likeness (QED) is 0.313. The highest BCUT2D eigenvalue weighted by molar-refractivity contribution is 6.09. The molecule has 3 aromatic rings. The van der Waals surface area contributed by atoms with Crippen LogP contribution in [0.25, 0.3) is 6.08 Å². The van der Waals surface area contributed by atoms with Gasteiger partial charge >= 0.3 is 11.6 Å². The number of nitrogens with zero attached hydrogens (tertiary/aromatic N) is 5. The molecule has 38 heavy (non-hydrogen) atoms. The molecule has 0 unspecified atom stereocenters. The fraction of sp³-hybridized carbons (Fsp3) is 0.321. The zero-order chi connectivity index (χ0) is 26.8. The van der Waals surface area contributed by atoms with Crippen molar-refractivity contribution in [3.8, 4) is 11.5 Å². The molecule has 0 spiro atoms. The fourth-order valence-electron chi connectivity index (χ4n) is 5.17. The van der Waals surface area contributed by atoms with Crippen molar-refractivity contribution >= 4 is 23.4 Å². The van der Waals surface area contributed by atoms with E-state index in [9.17, 15) is 14.9 Å². The summed E-state index contributed by atoms with van der Waals surface area (Å²) < 4.78 is 12.0. The third-order valence-corrected chi connectivity index (χ3v) is 7.09. The highest BCUT2D eigenvalue weighted by atomic mass is 16.6. The predicted octanol–water partition coefficient (Wildman–Crippen LogP) is 5.27. The van der Waals surface area contributed by atoms with Gasteiger partial charge < -0.3 is 9.47 Å². The van der Waals surface area contributed by atoms with E-state index in [1.165, 1.54) is 15.9 Å². The Morgan fingerprint density at radius 3 is 2.37 bits per heavy atom. The summed E-state index contributed by atoms with van der Waals surface area (Å²) in [4.78, 5) is 25.1. The number of carbonyl (C=O) groups is 1. The number of aryl methyl sites for hydroxylation is 1. The van der Waals surface area contributed by atoms with Gasteiger partial charge in [-0.2, -0.15) is 10.2 Å². The van der Waals surface area contributed by atoms with E-state index >= 15 is 0 Å². The van der Waals surface area contributed by atoms with Gasteiger partial charge in [-0.1, -0.05) is 24.3 Å². The van der Waals surface area contributed by atoms with Crippen LogP contribution in [0.2, 0.25) is 0 Å². The van der Waals surface area contributed by atoms with E-state index in [-0.39, 0.29) is 17.3 Å². The molecule has 0 N–H and O–H groups in total. The fourth-order valence-corrected chi connectivity index (χ4v) is 5.17. The van der Waals surface area contributed by atoms with E-state index in [1.807, 2.05) is 55.5 Å². The number of hydrogen-bond donors (Lipinski definition) is 0. The number of hydrazone groups is 1. The van der Waals surface area contributed by atoms with Crippen molar-refractivity contribution in [3.63, 3.8) is 0 Å². The van der Waals surface area contributed by atoms with Gasteiger partial charge in [0.15, 0.2) is 0 Å². The van der Waals surface area contributed by atoms with Gasteiger partial charge in [-0.25, -0.2) is 5.01 Å². The van der Waals surface area contributed by atoms with Crippen LogP contribution in [0, 0.1) is 16.0 Å². The van der Waals surface area contributed by atoms with Crippen LogP contribution in [0.3, 0.4) is 0 Å². The number of amides is 1. The molecule has 1 aliphatic heterocycles. The molecule has 0 radical (unpaired) electrons. The second-order valence-electron chi connectivity index (χ2n) is 9.27. The van der Waals surface area contributed by atoms with Gasteiger partial charge in [0.2, 0.25) is 5.69 Å². The molecule has 0 bridgehead atoms. The molecule has 2 aromatic carbocycles. The second kappa shape index (κ2) is 10.5. The summed E-state index contributed by atoms with van der Waals surface area (Å²) in [6.45, 7) is 2.22. The molecular weight excluding hydrogens is 486 g/mol. The Hall–Kier alpha value is -4.47. The van der Waals surface area contributed by atoms with Crippen molar-refractivity contribution in [2.75, 3.05) is 14.2 Å². The minimum absolute atomic E-state index is 0.0575. The maximum absolute atomic E-state index is 13.9. The maximum Gasteiger partial charge on any atom is 0.320 e. The molecule has 1 aromatic heterocycles. The number of benzene rings is 2. The van der Waals surface area contributed by atoms with E-state index in [4.69, 9.17) is 14.6 Å². The van der Waals surface area contributed by atoms with Gasteiger partial charge in [0.05, 0.1) is 30.9 Å². The van der Waals surface area contributed by atoms with Crippen LogP contribution in [-0.2, 0) is 6.54 Å². The molecule has 5 rings (SSSR count). The third kappa shape index (κ3) is 4.65. The van der Waals surface area contributed by atoms with Crippen LogP contribution in [0.4, 0.5) is 5.69 Å².